The normalized spacial score (nSPS) is 10.9. The molecule has 0 aliphatic heterocycles. The second kappa shape index (κ2) is 8.92. The molecule has 4 aromatic rings. The highest BCUT2D eigenvalue weighted by atomic mass is 35.5. The minimum atomic E-state index is -0.420. The second-order valence-corrected chi connectivity index (χ2v) is 7.80. The zero-order chi connectivity index (χ0) is 22.0. The SMILES string of the molecule is CCc1nc2c(NC(=O)c3c(Cl)cccc3Cl)cccc2n1CC(=O)c1ccccc1. The number of hydrogen-bond donors (Lipinski definition) is 1. The average Bonchev–Trinajstić information content (AvgIpc) is 3.13. The van der Waals surface area contributed by atoms with Gasteiger partial charge in [0.2, 0.25) is 0 Å². The number of halogens is 2. The Morgan fingerprint density at radius 3 is 2.29 bits per heavy atom. The summed E-state index contributed by atoms with van der Waals surface area (Å²) < 4.78 is 1.89. The van der Waals surface area contributed by atoms with Gasteiger partial charge in [-0.3, -0.25) is 9.59 Å². The van der Waals surface area contributed by atoms with Gasteiger partial charge in [0.05, 0.1) is 33.4 Å². The Morgan fingerprint density at radius 1 is 0.935 bits per heavy atom. The molecule has 0 bridgehead atoms. The number of aromatic nitrogens is 2. The number of fused-ring (bicyclic) bond motifs is 1. The molecule has 0 aliphatic rings. The summed E-state index contributed by atoms with van der Waals surface area (Å²) in [4.78, 5) is 30.4. The fourth-order valence-corrected chi connectivity index (χ4v) is 4.07. The number of nitrogens with zero attached hydrogens (tertiary/aromatic N) is 2. The number of para-hydroxylation sites is 1. The van der Waals surface area contributed by atoms with Gasteiger partial charge < -0.3 is 9.88 Å². The molecule has 156 valence electrons. The lowest BCUT2D eigenvalue weighted by Gasteiger charge is -2.10. The monoisotopic (exact) mass is 451 g/mol. The fraction of sp³-hybridized carbons (Fsp3) is 0.125. The highest BCUT2D eigenvalue weighted by Gasteiger charge is 2.19. The van der Waals surface area contributed by atoms with Crippen molar-refractivity contribution in [3.8, 4) is 0 Å². The van der Waals surface area contributed by atoms with Crippen LogP contribution in [0, 0.1) is 0 Å². The van der Waals surface area contributed by atoms with E-state index in [1.165, 1.54) is 0 Å². The van der Waals surface area contributed by atoms with Crippen molar-refractivity contribution in [1.29, 1.82) is 0 Å². The van der Waals surface area contributed by atoms with E-state index in [9.17, 15) is 9.59 Å². The van der Waals surface area contributed by atoms with Crippen LogP contribution in [-0.4, -0.2) is 21.2 Å². The number of amides is 1. The zero-order valence-corrected chi connectivity index (χ0v) is 18.2. The maximum absolute atomic E-state index is 12.9. The van der Waals surface area contributed by atoms with E-state index in [4.69, 9.17) is 28.2 Å². The van der Waals surface area contributed by atoms with Gasteiger partial charge in [0.1, 0.15) is 11.3 Å². The summed E-state index contributed by atoms with van der Waals surface area (Å²) in [5.41, 5.74) is 2.75. The number of aryl methyl sites for hydroxylation is 1. The Morgan fingerprint density at radius 2 is 1.61 bits per heavy atom. The van der Waals surface area contributed by atoms with Crippen molar-refractivity contribution in [2.45, 2.75) is 19.9 Å². The maximum Gasteiger partial charge on any atom is 0.258 e. The van der Waals surface area contributed by atoms with E-state index in [0.717, 1.165) is 11.3 Å². The third-order valence-corrected chi connectivity index (χ3v) is 5.64. The minimum Gasteiger partial charge on any atom is -0.320 e. The summed E-state index contributed by atoms with van der Waals surface area (Å²) in [5, 5.41) is 3.40. The first kappa shape index (κ1) is 21.1. The van der Waals surface area contributed by atoms with Crippen LogP contribution in [-0.2, 0) is 13.0 Å². The number of imidazole rings is 1. The van der Waals surface area contributed by atoms with Crippen molar-refractivity contribution in [3.05, 3.63) is 93.7 Å². The van der Waals surface area contributed by atoms with Crippen LogP contribution < -0.4 is 5.32 Å². The predicted molar refractivity (Wildman–Crippen MR) is 124 cm³/mol. The molecule has 1 N–H and O–H groups in total. The zero-order valence-electron chi connectivity index (χ0n) is 16.7. The summed E-state index contributed by atoms with van der Waals surface area (Å²) in [6.07, 6.45) is 0.639. The van der Waals surface area contributed by atoms with Crippen molar-refractivity contribution in [2.75, 3.05) is 5.32 Å². The van der Waals surface area contributed by atoms with E-state index in [2.05, 4.69) is 5.32 Å². The van der Waals surface area contributed by atoms with Crippen LogP contribution in [0.25, 0.3) is 11.0 Å². The van der Waals surface area contributed by atoms with E-state index in [1.54, 1.807) is 36.4 Å². The first-order valence-electron chi connectivity index (χ1n) is 9.81. The van der Waals surface area contributed by atoms with Gasteiger partial charge >= 0.3 is 0 Å². The molecule has 0 fully saturated rings. The van der Waals surface area contributed by atoms with Crippen LogP contribution in [0.1, 0.15) is 33.5 Å². The third kappa shape index (κ3) is 4.20. The van der Waals surface area contributed by atoms with Gasteiger partial charge in [0, 0.05) is 12.0 Å². The molecule has 0 atom stereocenters. The number of carbonyl (C=O) groups excluding carboxylic acids is 2. The quantitative estimate of drug-likeness (QED) is 0.363. The highest BCUT2D eigenvalue weighted by Crippen LogP contribution is 2.28. The Hall–Kier alpha value is -3.15. The molecule has 0 saturated heterocycles. The van der Waals surface area contributed by atoms with Gasteiger partial charge in [-0.2, -0.15) is 0 Å². The van der Waals surface area contributed by atoms with E-state index < -0.39 is 5.91 Å². The number of anilines is 1. The lowest BCUT2D eigenvalue weighted by atomic mass is 10.1. The molecule has 3 aromatic carbocycles. The smallest absolute Gasteiger partial charge is 0.258 e. The number of Topliss-reactive ketones (excluding diaryl/α,β-unsaturated/α-hetero) is 1. The summed E-state index contributed by atoms with van der Waals surface area (Å²) in [6, 6.07) is 19.5. The van der Waals surface area contributed by atoms with Gasteiger partial charge in [-0.15, -0.1) is 0 Å². The molecule has 1 amide bonds. The summed E-state index contributed by atoms with van der Waals surface area (Å²) in [6.45, 7) is 2.14. The molecular formula is C24H19Cl2N3O2. The van der Waals surface area contributed by atoms with Crippen LogP contribution in [0.5, 0.6) is 0 Å². The molecule has 0 spiro atoms. The molecule has 1 aromatic heterocycles. The van der Waals surface area contributed by atoms with Crippen molar-refractivity contribution >= 4 is 51.6 Å². The summed E-state index contributed by atoms with van der Waals surface area (Å²) in [5.74, 6) is 0.333. The van der Waals surface area contributed by atoms with Crippen LogP contribution in [0.3, 0.4) is 0 Å². The number of carbonyl (C=O) groups is 2. The standard InChI is InChI=1S/C24H19Cl2N3O2/c1-2-21-28-23-18(27-24(31)22-16(25)10-6-11-17(22)26)12-7-13-19(23)29(21)14-20(30)15-8-4-3-5-9-15/h3-13H,2,14H2,1H3,(H,27,31). The van der Waals surface area contributed by atoms with E-state index in [1.807, 2.05) is 41.8 Å². The molecular weight excluding hydrogens is 433 g/mol. The molecule has 0 radical (unpaired) electrons. The molecule has 7 heteroatoms. The maximum atomic E-state index is 12.9. The van der Waals surface area contributed by atoms with Crippen LogP contribution in [0.2, 0.25) is 10.0 Å². The van der Waals surface area contributed by atoms with E-state index in [-0.39, 0.29) is 27.9 Å². The molecule has 0 saturated carbocycles. The highest BCUT2D eigenvalue weighted by molar-refractivity contribution is 6.40. The van der Waals surface area contributed by atoms with Crippen molar-refractivity contribution in [2.24, 2.45) is 0 Å². The lowest BCUT2D eigenvalue weighted by molar-refractivity contribution is 0.0971. The number of nitrogens with one attached hydrogen (secondary N) is 1. The van der Waals surface area contributed by atoms with Gasteiger partial charge in [0.25, 0.3) is 5.91 Å². The Labute approximate surface area is 189 Å². The molecule has 1 heterocycles. The Bertz CT molecular complexity index is 1260. The van der Waals surface area contributed by atoms with Gasteiger partial charge in [0.15, 0.2) is 5.78 Å². The number of hydrogen-bond acceptors (Lipinski definition) is 3. The third-order valence-electron chi connectivity index (χ3n) is 5.01. The van der Waals surface area contributed by atoms with Crippen molar-refractivity contribution < 1.29 is 9.59 Å². The van der Waals surface area contributed by atoms with E-state index in [0.29, 0.717) is 23.2 Å². The Kier molecular flexibility index (Phi) is 6.07. The van der Waals surface area contributed by atoms with Crippen molar-refractivity contribution in [3.63, 3.8) is 0 Å². The summed E-state index contributed by atoms with van der Waals surface area (Å²) in [7, 11) is 0. The minimum absolute atomic E-state index is 0.00751. The van der Waals surface area contributed by atoms with Crippen molar-refractivity contribution in [1.82, 2.24) is 9.55 Å². The largest absolute Gasteiger partial charge is 0.320 e. The predicted octanol–water partition coefficient (Wildman–Crippen LogP) is 6.04. The first-order chi connectivity index (χ1) is 15.0. The van der Waals surface area contributed by atoms with E-state index >= 15 is 0 Å². The first-order valence-corrected chi connectivity index (χ1v) is 10.6. The number of ketones is 1. The molecule has 5 nitrogen and oxygen atoms in total. The molecule has 0 unspecified atom stereocenters. The number of rotatable bonds is 6. The lowest BCUT2D eigenvalue weighted by Crippen LogP contribution is -2.14. The molecule has 31 heavy (non-hydrogen) atoms. The van der Waals surface area contributed by atoms with Crippen LogP contribution in [0.15, 0.2) is 66.7 Å². The topological polar surface area (TPSA) is 64.0 Å². The molecule has 4 rings (SSSR count). The number of benzene rings is 3. The second-order valence-electron chi connectivity index (χ2n) is 6.98. The van der Waals surface area contributed by atoms with Crippen LogP contribution >= 0.6 is 23.2 Å². The fourth-order valence-electron chi connectivity index (χ4n) is 3.50. The molecule has 0 aliphatic carbocycles. The van der Waals surface area contributed by atoms with Gasteiger partial charge in [-0.05, 0) is 24.3 Å². The van der Waals surface area contributed by atoms with Gasteiger partial charge in [-0.25, -0.2) is 4.98 Å². The van der Waals surface area contributed by atoms with Crippen LogP contribution in [0.4, 0.5) is 5.69 Å². The average molecular weight is 452 g/mol. The van der Waals surface area contributed by atoms with Gasteiger partial charge in [-0.1, -0.05) is 72.6 Å². The Balaban J connectivity index is 1.71. The summed E-state index contributed by atoms with van der Waals surface area (Å²) >= 11 is 12.3.